The van der Waals surface area contributed by atoms with Crippen molar-refractivity contribution in [2.75, 3.05) is 26.2 Å². The molecule has 0 spiro atoms. The van der Waals surface area contributed by atoms with Gasteiger partial charge in [0.1, 0.15) is 0 Å². The minimum atomic E-state index is 0.213. The number of carbonyl (C=O) groups excluding carboxylic acids is 1. The number of nitrogens with one attached hydrogen (secondary N) is 1. The molecule has 0 aliphatic carbocycles. The van der Waals surface area contributed by atoms with Crippen molar-refractivity contribution in [3.63, 3.8) is 0 Å². The van der Waals surface area contributed by atoms with E-state index in [4.69, 9.17) is 0 Å². The summed E-state index contributed by atoms with van der Waals surface area (Å²) in [6, 6.07) is 3.99. The number of hydrogen-bond donors (Lipinski definition) is 1. The predicted molar refractivity (Wildman–Crippen MR) is 80.8 cm³/mol. The molecule has 3 nitrogen and oxygen atoms in total. The first-order valence-electron chi connectivity index (χ1n) is 7.27. The third-order valence-corrected chi connectivity index (χ3v) is 4.60. The van der Waals surface area contributed by atoms with Crippen LogP contribution in [0.15, 0.2) is 12.1 Å². The van der Waals surface area contributed by atoms with Crippen molar-refractivity contribution in [2.45, 2.75) is 33.1 Å². The van der Waals surface area contributed by atoms with Crippen LogP contribution < -0.4 is 5.32 Å². The van der Waals surface area contributed by atoms with Gasteiger partial charge in [-0.25, -0.2) is 0 Å². The Balaban J connectivity index is 1.99. The van der Waals surface area contributed by atoms with Crippen LogP contribution in [-0.4, -0.2) is 37.0 Å². The van der Waals surface area contributed by atoms with Crippen LogP contribution in [0.2, 0.25) is 0 Å². The summed E-state index contributed by atoms with van der Waals surface area (Å²) in [6.45, 7) is 8.14. The standard InChI is InChI=1S/C15H24N2OS/c1-3-9-17(11-13-5-4-8-16-10-13)15(18)14-7-6-12(2)19-14/h6-7,13,16H,3-5,8-11H2,1-2H3. The topological polar surface area (TPSA) is 32.3 Å². The van der Waals surface area contributed by atoms with Gasteiger partial charge in [0.25, 0.3) is 5.91 Å². The number of aryl methyl sites for hydroxylation is 1. The fourth-order valence-corrected chi connectivity index (χ4v) is 3.48. The maximum atomic E-state index is 12.5. The number of hydrogen-bond acceptors (Lipinski definition) is 3. The fourth-order valence-electron chi connectivity index (χ4n) is 2.64. The largest absolute Gasteiger partial charge is 0.338 e. The van der Waals surface area contributed by atoms with Crippen LogP contribution in [0, 0.1) is 12.8 Å². The van der Waals surface area contributed by atoms with Gasteiger partial charge in [-0.2, -0.15) is 0 Å². The second-order valence-electron chi connectivity index (χ2n) is 5.37. The van der Waals surface area contributed by atoms with Crippen LogP contribution in [0.1, 0.15) is 40.7 Å². The quantitative estimate of drug-likeness (QED) is 0.899. The molecular formula is C15H24N2OS. The molecule has 4 heteroatoms. The summed E-state index contributed by atoms with van der Waals surface area (Å²) in [5.41, 5.74) is 0. The molecule has 1 aliphatic heterocycles. The summed E-state index contributed by atoms with van der Waals surface area (Å²) in [5, 5.41) is 3.43. The minimum absolute atomic E-state index is 0.213. The van der Waals surface area contributed by atoms with Crippen LogP contribution >= 0.6 is 11.3 Å². The van der Waals surface area contributed by atoms with E-state index in [1.54, 1.807) is 11.3 Å². The highest BCUT2D eigenvalue weighted by molar-refractivity contribution is 7.13. The van der Waals surface area contributed by atoms with Crippen molar-refractivity contribution >= 4 is 17.2 Å². The van der Waals surface area contributed by atoms with Gasteiger partial charge in [0.2, 0.25) is 0 Å². The van der Waals surface area contributed by atoms with Gasteiger partial charge in [0.15, 0.2) is 0 Å². The van der Waals surface area contributed by atoms with Crippen molar-refractivity contribution in [1.82, 2.24) is 10.2 Å². The molecule has 1 aromatic rings. The average Bonchev–Trinajstić information content (AvgIpc) is 2.85. The number of amides is 1. The molecule has 1 fully saturated rings. The van der Waals surface area contributed by atoms with Gasteiger partial charge in [-0.3, -0.25) is 4.79 Å². The molecule has 2 rings (SSSR count). The van der Waals surface area contributed by atoms with Gasteiger partial charge in [-0.1, -0.05) is 6.92 Å². The molecule has 1 saturated heterocycles. The van der Waals surface area contributed by atoms with E-state index in [1.165, 1.54) is 17.7 Å². The number of rotatable bonds is 5. The van der Waals surface area contributed by atoms with Gasteiger partial charge in [-0.05, 0) is 57.3 Å². The Hall–Kier alpha value is -0.870. The number of carbonyl (C=O) groups is 1. The molecule has 2 heterocycles. The summed E-state index contributed by atoms with van der Waals surface area (Å²) in [5.74, 6) is 0.829. The molecule has 106 valence electrons. The Kier molecular flexibility index (Phi) is 5.40. The van der Waals surface area contributed by atoms with Crippen molar-refractivity contribution < 1.29 is 4.79 Å². The van der Waals surface area contributed by atoms with Crippen LogP contribution in [0.4, 0.5) is 0 Å². The van der Waals surface area contributed by atoms with E-state index in [-0.39, 0.29) is 5.91 Å². The van der Waals surface area contributed by atoms with Gasteiger partial charge < -0.3 is 10.2 Å². The Morgan fingerprint density at radius 3 is 2.95 bits per heavy atom. The van der Waals surface area contributed by atoms with Gasteiger partial charge in [0, 0.05) is 18.0 Å². The lowest BCUT2D eigenvalue weighted by molar-refractivity contribution is 0.0723. The maximum Gasteiger partial charge on any atom is 0.263 e. The second kappa shape index (κ2) is 7.06. The van der Waals surface area contributed by atoms with E-state index < -0.39 is 0 Å². The van der Waals surface area contributed by atoms with E-state index in [0.717, 1.165) is 37.5 Å². The van der Waals surface area contributed by atoms with E-state index in [2.05, 4.69) is 19.2 Å². The smallest absolute Gasteiger partial charge is 0.263 e. The normalized spacial score (nSPS) is 19.4. The molecule has 1 aliphatic rings. The minimum Gasteiger partial charge on any atom is -0.338 e. The fraction of sp³-hybridized carbons (Fsp3) is 0.667. The Labute approximate surface area is 120 Å². The first-order chi connectivity index (χ1) is 9.20. The van der Waals surface area contributed by atoms with E-state index in [9.17, 15) is 4.79 Å². The van der Waals surface area contributed by atoms with Gasteiger partial charge in [0.05, 0.1) is 4.88 Å². The molecule has 0 bridgehead atoms. The highest BCUT2D eigenvalue weighted by Crippen LogP contribution is 2.19. The van der Waals surface area contributed by atoms with Crippen LogP contribution in [0.5, 0.6) is 0 Å². The number of thiophene rings is 1. The Bertz CT molecular complexity index is 410. The third-order valence-electron chi connectivity index (χ3n) is 3.61. The predicted octanol–water partition coefficient (Wildman–Crippen LogP) is 2.91. The summed E-state index contributed by atoms with van der Waals surface area (Å²) < 4.78 is 0. The second-order valence-corrected chi connectivity index (χ2v) is 6.66. The van der Waals surface area contributed by atoms with Crippen LogP contribution in [-0.2, 0) is 0 Å². The van der Waals surface area contributed by atoms with Gasteiger partial charge in [-0.15, -0.1) is 11.3 Å². The van der Waals surface area contributed by atoms with Crippen molar-refractivity contribution in [3.05, 3.63) is 21.9 Å². The molecule has 0 aromatic carbocycles. The maximum absolute atomic E-state index is 12.5. The van der Waals surface area contributed by atoms with Crippen LogP contribution in [0.25, 0.3) is 0 Å². The van der Waals surface area contributed by atoms with Gasteiger partial charge >= 0.3 is 0 Å². The molecule has 1 aromatic heterocycles. The van der Waals surface area contributed by atoms with Crippen molar-refractivity contribution in [3.8, 4) is 0 Å². The summed E-state index contributed by atoms with van der Waals surface area (Å²) in [4.78, 5) is 16.7. The van der Waals surface area contributed by atoms with Crippen LogP contribution in [0.3, 0.4) is 0 Å². The highest BCUT2D eigenvalue weighted by atomic mass is 32.1. The summed E-state index contributed by atoms with van der Waals surface area (Å²) in [7, 11) is 0. The Morgan fingerprint density at radius 1 is 1.53 bits per heavy atom. The number of piperidine rings is 1. The average molecular weight is 280 g/mol. The lowest BCUT2D eigenvalue weighted by atomic mass is 9.99. The molecule has 19 heavy (non-hydrogen) atoms. The zero-order valence-electron chi connectivity index (χ0n) is 11.9. The molecular weight excluding hydrogens is 256 g/mol. The lowest BCUT2D eigenvalue weighted by Gasteiger charge is -2.29. The SMILES string of the molecule is CCCN(CC1CCCNC1)C(=O)c1ccc(C)s1. The zero-order chi connectivity index (χ0) is 13.7. The first-order valence-corrected chi connectivity index (χ1v) is 8.08. The molecule has 1 atom stereocenters. The molecule has 1 unspecified atom stereocenters. The molecule has 0 radical (unpaired) electrons. The molecule has 1 N–H and O–H groups in total. The lowest BCUT2D eigenvalue weighted by Crippen LogP contribution is -2.41. The summed E-state index contributed by atoms with van der Waals surface area (Å²) >= 11 is 1.61. The molecule has 0 saturated carbocycles. The van der Waals surface area contributed by atoms with E-state index in [0.29, 0.717) is 5.92 Å². The van der Waals surface area contributed by atoms with E-state index in [1.807, 2.05) is 17.0 Å². The summed E-state index contributed by atoms with van der Waals surface area (Å²) in [6.07, 6.45) is 3.50. The number of nitrogens with zero attached hydrogens (tertiary/aromatic N) is 1. The highest BCUT2D eigenvalue weighted by Gasteiger charge is 2.21. The Morgan fingerprint density at radius 2 is 2.37 bits per heavy atom. The van der Waals surface area contributed by atoms with E-state index >= 15 is 0 Å². The zero-order valence-corrected chi connectivity index (χ0v) is 12.8. The monoisotopic (exact) mass is 280 g/mol. The third kappa shape index (κ3) is 4.05. The van der Waals surface area contributed by atoms with Crippen molar-refractivity contribution in [2.24, 2.45) is 5.92 Å². The molecule has 1 amide bonds. The van der Waals surface area contributed by atoms with Crippen molar-refractivity contribution in [1.29, 1.82) is 0 Å². The first kappa shape index (κ1) is 14.5.